The Hall–Kier alpha value is -1.85. The highest BCUT2D eigenvalue weighted by atomic mass is 16.6. The van der Waals surface area contributed by atoms with E-state index in [2.05, 4.69) is 25.2 Å². The first-order chi connectivity index (χ1) is 13.5. The van der Waals surface area contributed by atoms with Gasteiger partial charge >= 0.3 is 0 Å². The van der Waals surface area contributed by atoms with Gasteiger partial charge in [-0.05, 0) is 32.9 Å². The minimum absolute atomic E-state index is 0.390. The van der Waals surface area contributed by atoms with Crippen LogP contribution in [0.25, 0.3) is 11.2 Å². The molecule has 0 spiro atoms. The number of fused-ring (bicyclic) bond motifs is 1. The van der Waals surface area contributed by atoms with E-state index in [9.17, 15) is 15.3 Å². The van der Waals surface area contributed by atoms with Crippen LogP contribution < -0.4 is 5.32 Å². The van der Waals surface area contributed by atoms with Crippen molar-refractivity contribution < 1.29 is 20.1 Å². The number of nitrogens with zero attached hydrogens (tertiary/aromatic N) is 5. The lowest BCUT2D eigenvalue weighted by atomic mass is 9.96. The summed E-state index contributed by atoms with van der Waals surface area (Å²) < 4.78 is 7.25. The highest BCUT2D eigenvalue weighted by Gasteiger charge is 2.53. The average molecular weight is 392 g/mol. The average Bonchev–Trinajstić information content (AvgIpc) is 3.22. The molecule has 4 atom stereocenters. The Kier molecular flexibility index (Phi) is 5.48. The van der Waals surface area contributed by atoms with Gasteiger partial charge in [-0.3, -0.25) is 4.57 Å². The Morgan fingerprint density at radius 2 is 2.04 bits per heavy atom. The molecule has 4 heterocycles. The van der Waals surface area contributed by atoms with Crippen molar-refractivity contribution in [3.8, 4) is 0 Å². The van der Waals surface area contributed by atoms with Gasteiger partial charge in [-0.25, -0.2) is 15.0 Å². The number of hydrogen-bond donors (Lipinski definition) is 4. The molecule has 154 valence electrons. The number of anilines is 1. The normalized spacial score (nSPS) is 31.5. The molecule has 10 heteroatoms. The molecule has 10 nitrogen and oxygen atoms in total. The molecule has 2 aromatic rings. The molecule has 0 amide bonds. The first kappa shape index (κ1) is 19.5. The zero-order valence-electron chi connectivity index (χ0n) is 16.0. The van der Waals surface area contributed by atoms with Crippen LogP contribution in [-0.4, -0.2) is 90.3 Å². The van der Waals surface area contributed by atoms with Crippen LogP contribution in [0.3, 0.4) is 0 Å². The highest BCUT2D eigenvalue weighted by Crippen LogP contribution is 2.39. The second-order valence-corrected chi connectivity index (χ2v) is 7.76. The number of piperidine rings is 1. The summed E-state index contributed by atoms with van der Waals surface area (Å²) in [6.45, 7) is 5.05. The zero-order chi connectivity index (χ0) is 19.7. The second-order valence-electron chi connectivity index (χ2n) is 7.76. The van der Waals surface area contributed by atoms with Gasteiger partial charge in [0.1, 0.15) is 24.1 Å². The summed E-state index contributed by atoms with van der Waals surface area (Å²) in [6, 6.07) is 0. The van der Waals surface area contributed by atoms with E-state index in [1.807, 2.05) is 0 Å². The van der Waals surface area contributed by atoms with Gasteiger partial charge in [0, 0.05) is 13.1 Å². The fourth-order valence-electron chi connectivity index (χ4n) is 4.06. The van der Waals surface area contributed by atoms with E-state index >= 15 is 0 Å². The molecule has 0 saturated carbocycles. The maximum atomic E-state index is 10.7. The lowest BCUT2D eigenvalue weighted by Gasteiger charge is -2.27. The number of imidazole rings is 1. The van der Waals surface area contributed by atoms with Crippen LogP contribution in [0.15, 0.2) is 12.7 Å². The van der Waals surface area contributed by atoms with Crippen LogP contribution in [-0.2, 0) is 4.74 Å². The fraction of sp³-hybridized carbons (Fsp3) is 0.722. The van der Waals surface area contributed by atoms with Crippen molar-refractivity contribution in [2.75, 3.05) is 38.1 Å². The van der Waals surface area contributed by atoms with Gasteiger partial charge in [-0.1, -0.05) is 6.42 Å². The third kappa shape index (κ3) is 3.46. The van der Waals surface area contributed by atoms with Crippen molar-refractivity contribution in [1.29, 1.82) is 0 Å². The van der Waals surface area contributed by atoms with Crippen molar-refractivity contribution in [1.82, 2.24) is 24.4 Å². The van der Waals surface area contributed by atoms with E-state index in [0.29, 0.717) is 17.0 Å². The Morgan fingerprint density at radius 3 is 2.75 bits per heavy atom. The summed E-state index contributed by atoms with van der Waals surface area (Å²) in [4.78, 5) is 15.4. The molecule has 0 bridgehead atoms. The fourth-order valence-corrected chi connectivity index (χ4v) is 4.06. The van der Waals surface area contributed by atoms with Gasteiger partial charge in [0.05, 0.1) is 12.9 Å². The van der Waals surface area contributed by atoms with Crippen molar-refractivity contribution >= 4 is 17.0 Å². The summed E-state index contributed by atoms with van der Waals surface area (Å²) in [5.74, 6) is 0.623. The molecule has 0 aliphatic carbocycles. The van der Waals surface area contributed by atoms with Crippen molar-refractivity contribution in [2.45, 2.75) is 50.2 Å². The number of aromatic nitrogens is 4. The Morgan fingerprint density at radius 1 is 1.25 bits per heavy atom. The van der Waals surface area contributed by atoms with E-state index in [-0.39, 0.29) is 0 Å². The van der Waals surface area contributed by atoms with Gasteiger partial charge < -0.3 is 30.3 Å². The molecule has 2 aliphatic rings. The van der Waals surface area contributed by atoms with Crippen molar-refractivity contribution in [3.63, 3.8) is 0 Å². The lowest BCUT2D eigenvalue weighted by molar-refractivity contribution is -0.0950. The molecule has 0 aromatic carbocycles. The van der Waals surface area contributed by atoms with Gasteiger partial charge in [-0.15, -0.1) is 0 Å². The Balaban J connectivity index is 1.52. The van der Waals surface area contributed by atoms with Crippen LogP contribution in [0.5, 0.6) is 0 Å². The Bertz CT molecular complexity index is 806. The number of likely N-dealkylation sites (tertiary alicyclic amines) is 1. The minimum atomic E-state index is -1.59. The summed E-state index contributed by atoms with van der Waals surface area (Å²) in [5, 5.41) is 33.7. The molecule has 4 rings (SSSR count). The topological polar surface area (TPSA) is 129 Å². The van der Waals surface area contributed by atoms with Gasteiger partial charge in [0.15, 0.2) is 23.2 Å². The van der Waals surface area contributed by atoms with Crippen molar-refractivity contribution in [2.24, 2.45) is 0 Å². The molecule has 2 saturated heterocycles. The molecule has 1 unspecified atom stereocenters. The number of aliphatic hydroxyl groups is 3. The molecular weight excluding hydrogens is 364 g/mol. The summed E-state index contributed by atoms with van der Waals surface area (Å²) in [7, 11) is 0. The van der Waals surface area contributed by atoms with E-state index in [4.69, 9.17) is 4.74 Å². The third-order valence-electron chi connectivity index (χ3n) is 5.72. The zero-order valence-corrected chi connectivity index (χ0v) is 16.0. The first-order valence-corrected chi connectivity index (χ1v) is 9.83. The van der Waals surface area contributed by atoms with Crippen LogP contribution in [0, 0.1) is 0 Å². The summed E-state index contributed by atoms with van der Waals surface area (Å²) in [6.07, 6.45) is 3.76. The van der Waals surface area contributed by atoms with Crippen LogP contribution in [0.1, 0.15) is 32.4 Å². The molecule has 4 N–H and O–H groups in total. The largest absolute Gasteiger partial charge is 0.394 e. The molecule has 2 aromatic heterocycles. The summed E-state index contributed by atoms with van der Waals surface area (Å²) in [5.41, 5.74) is -0.526. The van der Waals surface area contributed by atoms with Gasteiger partial charge in [0.2, 0.25) is 0 Å². The predicted molar refractivity (Wildman–Crippen MR) is 102 cm³/mol. The first-order valence-electron chi connectivity index (χ1n) is 9.83. The number of rotatable bonds is 6. The smallest absolute Gasteiger partial charge is 0.168 e. The van der Waals surface area contributed by atoms with E-state index in [0.717, 1.165) is 26.2 Å². The maximum Gasteiger partial charge on any atom is 0.168 e. The highest BCUT2D eigenvalue weighted by molar-refractivity contribution is 5.82. The lowest BCUT2D eigenvalue weighted by Crippen LogP contribution is -2.44. The number of ether oxygens (including phenoxy) is 1. The molecule has 2 fully saturated rings. The molecule has 28 heavy (non-hydrogen) atoms. The van der Waals surface area contributed by atoms with Crippen molar-refractivity contribution in [3.05, 3.63) is 12.7 Å². The second kappa shape index (κ2) is 7.88. The molecule has 2 aliphatic heterocycles. The van der Waals surface area contributed by atoms with Gasteiger partial charge in [0.25, 0.3) is 0 Å². The quantitative estimate of drug-likeness (QED) is 0.525. The van der Waals surface area contributed by atoms with E-state index in [1.165, 1.54) is 38.8 Å². The predicted octanol–water partition coefficient (Wildman–Crippen LogP) is -0.274. The van der Waals surface area contributed by atoms with Crippen LogP contribution in [0.4, 0.5) is 5.82 Å². The van der Waals surface area contributed by atoms with Crippen LogP contribution in [0.2, 0.25) is 0 Å². The van der Waals surface area contributed by atoms with E-state index < -0.39 is 30.6 Å². The Labute approximate surface area is 163 Å². The number of aliphatic hydroxyl groups excluding tert-OH is 2. The SMILES string of the molecule is C[C@]1(O)C(n2cnc3c(NCCN4CCCCC4)ncnc32)O[C@H](CO)[C@H]1O. The number of hydrogen-bond acceptors (Lipinski definition) is 9. The van der Waals surface area contributed by atoms with Crippen LogP contribution >= 0.6 is 0 Å². The summed E-state index contributed by atoms with van der Waals surface area (Å²) >= 11 is 0. The monoisotopic (exact) mass is 392 g/mol. The standard InChI is InChI=1S/C18H28N6O4/c1-18(27)14(26)12(9-25)28-17(18)24-11-22-13-15(20-10-21-16(13)24)19-5-8-23-6-3-2-4-7-23/h10-12,14,17,25-27H,2-9H2,1H3,(H,19,20,21)/t12-,14-,17?,18-/m1/s1. The molecule has 0 radical (unpaired) electrons. The van der Waals surface area contributed by atoms with Gasteiger partial charge in [-0.2, -0.15) is 0 Å². The van der Waals surface area contributed by atoms with E-state index in [1.54, 1.807) is 4.57 Å². The minimum Gasteiger partial charge on any atom is -0.394 e. The number of nitrogens with one attached hydrogen (secondary N) is 1. The third-order valence-corrected chi connectivity index (χ3v) is 5.72. The molecular formula is C18H28N6O4. The maximum absolute atomic E-state index is 10.7.